The highest BCUT2D eigenvalue weighted by atomic mass is 16.5. The lowest BCUT2D eigenvalue weighted by molar-refractivity contribution is 0.0374. The Bertz CT molecular complexity index is 399. The van der Waals surface area contributed by atoms with Crippen LogP contribution in [0.2, 0.25) is 0 Å². The third kappa shape index (κ3) is 4.60. The summed E-state index contributed by atoms with van der Waals surface area (Å²) in [6, 6.07) is 5.24. The van der Waals surface area contributed by atoms with Gasteiger partial charge in [0, 0.05) is 31.4 Å². The van der Waals surface area contributed by atoms with Crippen molar-refractivity contribution in [1.29, 1.82) is 0 Å². The smallest absolute Gasteiger partial charge is 0.248 e. The minimum Gasteiger partial charge on any atom is -0.379 e. The molecule has 1 aromatic rings. The molecule has 1 aliphatic heterocycles. The van der Waals surface area contributed by atoms with Gasteiger partial charge in [0.1, 0.15) is 0 Å². The van der Waals surface area contributed by atoms with E-state index in [2.05, 4.69) is 15.2 Å². The molecule has 1 aromatic heterocycles. The SMILES string of the molecule is O=c1cccc(CNCCCN2CCOCC2)[nH]1. The molecule has 100 valence electrons. The first-order valence-electron chi connectivity index (χ1n) is 6.53. The second-order valence-corrected chi connectivity index (χ2v) is 4.52. The summed E-state index contributed by atoms with van der Waals surface area (Å²) >= 11 is 0. The Hall–Kier alpha value is -1.17. The number of hydrogen-bond acceptors (Lipinski definition) is 4. The van der Waals surface area contributed by atoms with E-state index >= 15 is 0 Å². The Kier molecular flexibility index (Phi) is 5.38. The summed E-state index contributed by atoms with van der Waals surface area (Å²) in [4.78, 5) is 16.3. The Morgan fingerprint density at radius 1 is 1.33 bits per heavy atom. The minimum absolute atomic E-state index is 0.0392. The average Bonchev–Trinajstić information content (AvgIpc) is 2.40. The average molecular weight is 251 g/mol. The number of aromatic amines is 1. The van der Waals surface area contributed by atoms with Gasteiger partial charge in [0.25, 0.3) is 0 Å². The van der Waals surface area contributed by atoms with Crippen LogP contribution in [0.1, 0.15) is 12.1 Å². The van der Waals surface area contributed by atoms with Crippen LogP contribution in [0.4, 0.5) is 0 Å². The molecule has 0 spiro atoms. The van der Waals surface area contributed by atoms with Gasteiger partial charge in [-0.2, -0.15) is 0 Å². The van der Waals surface area contributed by atoms with Crippen molar-refractivity contribution in [1.82, 2.24) is 15.2 Å². The van der Waals surface area contributed by atoms with E-state index in [9.17, 15) is 4.79 Å². The summed E-state index contributed by atoms with van der Waals surface area (Å²) in [6.07, 6.45) is 1.12. The summed E-state index contributed by atoms with van der Waals surface area (Å²) < 4.78 is 5.31. The molecule has 1 fully saturated rings. The topological polar surface area (TPSA) is 57.4 Å². The summed E-state index contributed by atoms with van der Waals surface area (Å²) in [6.45, 7) is 6.62. The van der Waals surface area contributed by atoms with Gasteiger partial charge in [0.2, 0.25) is 5.56 Å². The van der Waals surface area contributed by atoms with Crippen LogP contribution in [0.3, 0.4) is 0 Å². The predicted octanol–water partition coefficient (Wildman–Crippen LogP) is 0.187. The number of nitrogens with zero attached hydrogens (tertiary/aromatic N) is 1. The molecular weight excluding hydrogens is 230 g/mol. The van der Waals surface area contributed by atoms with Crippen molar-refractivity contribution in [3.05, 3.63) is 34.2 Å². The van der Waals surface area contributed by atoms with E-state index in [0.29, 0.717) is 0 Å². The highest BCUT2D eigenvalue weighted by Gasteiger charge is 2.08. The van der Waals surface area contributed by atoms with Crippen molar-refractivity contribution in [3.8, 4) is 0 Å². The van der Waals surface area contributed by atoms with Crippen LogP contribution in [0.15, 0.2) is 23.0 Å². The van der Waals surface area contributed by atoms with Gasteiger partial charge in [-0.3, -0.25) is 9.69 Å². The highest BCUT2D eigenvalue weighted by molar-refractivity contribution is 5.03. The maximum absolute atomic E-state index is 11.1. The van der Waals surface area contributed by atoms with Crippen molar-refractivity contribution < 1.29 is 4.74 Å². The van der Waals surface area contributed by atoms with E-state index in [0.717, 1.165) is 58.1 Å². The van der Waals surface area contributed by atoms with Gasteiger partial charge >= 0.3 is 0 Å². The first kappa shape index (κ1) is 13.3. The van der Waals surface area contributed by atoms with Crippen LogP contribution in [-0.2, 0) is 11.3 Å². The van der Waals surface area contributed by atoms with E-state index in [-0.39, 0.29) is 5.56 Å². The molecule has 2 rings (SSSR count). The molecule has 0 unspecified atom stereocenters. The van der Waals surface area contributed by atoms with Gasteiger partial charge < -0.3 is 15.0 Å². The van der Waals surface area contributed by atoms with Gasteiger partial charge in [-0.05, 0) is 25.6 Å². The number of pyridine rings is 1. The van der Waals surface area contributed by atoms with Crippen LogP contribution in [0.5, 0.6) is 0 Å². The number of ether oxygens (including phenoxy) is 1. The number of hydrogen-bond donors (Lipinski definition) is 2. The Balaban J connectivity index is 1.57. The lowest BCUT2D eigenvalue weighted by Gasteiger charge is -2.26. The van der Waals surface area contributed by atoms with Crippen molar-refractivity contribution in [2.24, 2.45) is 0 Å². The minimum atomic E-state index is -0.0392. The Morgan fingerprint density at radius 2 is 2.17 bits per heavy atom. The molecule has 5 heteroatoms. The molecule has 1 saturated heterocycles. The lowest BCUT2D eigenvalue weighted by Crippen LogP contribution is -2.37. The molecule has 2 N–H and O–H groups in total. The number of H-pyrrole nitrogens is 1. The van der Waals surface area contributed by atoms with Gasteiger partial charge in [0.15, 0.2) is 0 Å². The second-order valence-electron chi connectivity index (χ2n) is 4.52. The third-order valence-electron chi connectivity index (χ3n) is 3.08. The fourth-order valence-electron chi connectivity index (χ4n) is 2.07. The van der Waals surface area contributed by atoms with Crippen LogP contribution in [-0.4, -0.2) is 49.3 Å². The standard InChI is InChI=1S/C13H21N3O2/c17-13-4-1-3-12(15-13)11-14-5-2-6-16-7-9-18-10-8-16/h1,3-4,14H,2,5-11H2,(H,15,17). The Labute approximate surface area is 107 Å². The molecule has 2 heterocycles. The summed E-state index contributed by atoms with van der Waals surface area (Å²) in [7, 11) is 0. The van der Waals surface area contributed by atoms with E-state index in [4.69, 9.17) is 4.74 Å². The lowest BCUT2D eigenvalue weighted by atomic mass is 10.3. The van der Waals surface area contributed by atoms with Crippen LogP contribution in [0.25, 0.3) is 0 Å². The fraction of sp³-hybridized carbons (Fsp3) is 0.615. The largest absolute Gasteiger partial charge is 0.379 e. The molecule has 0 atom stereocenters. The molecule has 0 radical (unpaired) electrons. The summed E-state index contributed by atoms with van der Waals surface area (Å²) in [5.41, 5.74) is 0.900. The normalized spacial score (nSPS) is 16.9. The first-order valence-corrected chi connectivity index (χ1v) is 6.53. The molecule has 0 bridgehead atoms. The van der Waals surface area contributed by atoms with Crippen LogP contribution >= 0.6 is 0 Å². The predicted molar refractivity (Wildman–Crippen MR) is 70.6 cm³/mol. The number of aromatic nitrogens is 1. The summed E-state index contributed by atoms with van der Waals surface area (Å²) in [5.74, 6) is 0. The van der Waals surface area contributed by atoms with Gasteiger partial charge in [-0.25, -0.2) is 0 Å². The maximum atomic E-state index is 11.1. The molecule has 5 nitrogen and oxygen atoms in total. The third-order valence-corrected chi connectivity index (χ3v) is 3.08. The maximum Gasteiger partial charge on any atom is 0.248 e. The second kappa shape index (κ2) is 7.31. The van der Waals surface area contributed by atoms with E-state index in [1.165, 1.54) is 6.07 Å². The van der Waals surface area contributed by atoms with Gasteiger partial charge in [-0.15, -0.1) is 0 Å². The van der Waals surface area contributed by atoms with E-state index in [1.807, 2.05) is 6.07 Å². The highest BCUT2D eigenvalue weighted by Crippen LogP contribution is 1.97. The van der Waals surface area contributed by atoms with Crippen molar-refractivity contribution in [3.63, 3.8) is 0 Å². The molecule has 1 aliphatic rings. The fourth-order valence-corrected chi connectivity index (χ4v) is 2.07. The van der Waals surface area contributed by atoms with Crippen LogP contribution in [0, 0.1) is 0 Å². The molecule has 0 amide bonds. The monoisotopic (exact) mass is 251 g/mol. The summed E-state index contributed by atoms with van der Waals surface area (Å²) in [5, 5.41) is 3.34. The first-order chi connectivity index (χ1) is 8.84. The zero-order valence-corrected chi connectivity index (χ0v) is 10.7. The van der Waals surface area contributed by atoms with Crippen molar-refractivity contribution in [2.45, 2.75) is 13.0 Å². The van der Waals surface area contributed by atoms with Gasteiger partial charge in [0.05, 0.1) is 13.2 Å². The van der Waals surface area contributed by atoms with E-state index in [1.54, 1.807) is 6.07 Å². The number of morpholine rings is 1. The van der Waals surface area contributed by atoms with Crippen molar-refractivity contribution >= 4 is 0 Å². The zero-order valence-electron chi connectivity index (χ0n) is 10.7. The number of rotatable bonds is 6. The van der Waals surface area contributed by atoms with Gasteiger partial charge in [-0.1, -0.05) is 6.07 Å². The number of nitrogens with one attached hydrogen (secondary N) is 2. The molecule has 0 aromatic carbocycles. The molecular formula is C13H21N3O2. The zero-order chi connectivity index (χ0) is 12.6. The molecule has 0 saturated carbocycles. The van der Waals surface area contributed by atoms with Crippen molar-refractivity contribution in [2.75, 3.05) is 39.4 Å². The quantitative estimate of drug-likeness (QED) is 0.709. The van der Waals surface area contributed by atoms with Crippen LogP contribution < -0.4 is 10.9 Å². The Morgan fingerprint density at radius 3 is 2.94 bits per heavy atom. The molecule has 18 heavy (non-hydrogen) atoms. The molecule has 0 aliphatic carbocycles. The van der Waals surface area contributed by atoms with E-state index < -0.39 is 0 Å².